The van der Waals surface area contributed by atoms with Crippen molar-refractivity contribution in [2.75, 3.05) is 18.0 Å². The van der Waals surface area contributed by atoms with Crippen LogP contribution in [0.4, 0.5) is 17.2 Å². The predicted molar refractivity (Wildman–Crippen MR) is 91.0 cm³/mol. The molecule has 2 aromatic rings. The van der Waals surface area contributed by atoms with Gasteiger partial charge in [-0.05, 0) is 62.3 Å². The van der Waals surface area contributed by atoms with Crippen LogP contribution in [-0.4, -0.2) is 13.1 Å². The van der Waals surface area contributed by atoms with Crippen molar-refractivity contribution in [1.29, 1.82) is 0 Å². The van der Waals surface area contributed by atoms with Gasteiger partial charge >= 0.3 is 5.82 Å². The van der Waals surface area contributed by atoms with Crippen LogP contribution in [0.3, 0.4) is 0 Å². The molecule has 118 valence electrons. The first-order chi connectivity index (χ1) is 10.2. The minimum absolute atomic E-state index is 0. The van der Waals surface area contributed by atoms with Crippen LogP contribution in [0.1, 0.15) is 26.8 Å². The van der Waals surface area contributed by atoms with Gasteiger partial charge in [-0.1, -0.05) is 7.43 Å². The van der Waals surface area contributed by atoms with Crippen molar-refractivity contribution in [3.05, 3.63) is 53.4 Å². The molecule has 0 N–H and O–H groups in total. The molecule has 0 saturated heterocycles. The summed E-state index contributed by atoms with van der Waals surface area (Å²) in [4.78, 5) is 2.26. The van der Waals surface area contributed by atoms with Gasteiger partial charge in [-0.25, -0.2) is 4.73 Å². The van der Waals surface area contributed by atoms with Gasteiger partial charge in [0.25, 0.3) is 0 Å². The zero-order chi connectivity index (χ0) is 15.2. The van der Waals surface area contributed by atoms with Crippen LogP contribution in [0.2, 0.25) is 0 Å². The Bertz CT molecular complexity index is 599. The van der Waals surface area contributed by atoms with Gasteiger partial charge in [0.15, 0.2) is 0 Å². The smallest absolute Gasteiger partial charge is 0.356 e. The lowest BCUT2D eigenvalue weighted by Crippen LogP contribution is -2.25. The van der Waals surface area contributed by atoms with Crippen LogP contribution in [0.25, 0.3) is 0 Å². The molecule has 0 aliphatic carbocycles. The summed E-state index contributed by atoms with van der Waals surface area (Å²) in [6, 6.07) is 11.4. The van der Waals surface area contributed by atoms with Crippen LogP contribution in [0, 0.1) is 12.1 Å². The Hall–Kier alpha value is -2.43. The average molecular weight is 300 g/mol. The molecule has 0 amide bonds. The zero-order valence-electron chi connectivity index (χ0n) is 12.7. The van der Waals surface area contributed by atoms with Gasteiger partial charge in [0, 0.05) is 24.3 Å². The lowest BCUT2D eigenvalue weighted by atomic mass is 10.2. The van der Waals surface area contributed by atoms with E-state index in [2.05, 4.69) is 29.0 Å². The number of benzene rings is 1. The van der Waals surface area contributed by atoms with Gasteiger partial charge < -0.3 is 10.1 Å². The lowest BCUT2D eigenvalue weighted by molar-refractivity contribution is -0.592. The maximum Gasteiger partial charge on any atom is 0.356 e. The molecule has 0 fully saturated rings. The van der Waals surface area contributed by atoms with Crippen molar-refractivity contribution >= 4 is 17.2 Å². The van der Waals surface area contributed by atoms with Gasteiger partial charge in [-0.2, -0.15) is 0 Å². The second-order valence-electron chi connectivity index (χ2n) is 4.73. The molecule has 1 heterocycles. The zero-order valence-corrected chi connectivity index (χ0v) is 12.7. The first-order valence-electron chi connectivity index (χ1n) is 7.11. The highest BCUT2D eigenvalue weighted by molar-refractivity contribution is 5.52. The molecule has 5 nitrogen and oxygen atoms in total. The summed E-state index contributed by atoms with van der Waals surface area (Å²) in [5.74, 6) is 0.324. The number of hydrogen-bond donors (Lipinski definition) is 0. The molecule has 0 bridgehead atoms. The Morgan fingerprint density at radius 1 is 1.05 bits per heavy atom. The minimum atomic E-state index is 0. The highest BCUT2D eigenvalue weighted by Gasteiger charge is 2.08. The molecular formula is C17H24N4O. The van der Waals surface area contributed by atoms with Gasteiger partial charge in [-0.3, -0.25) is 0 Å². The van der Waals surface area contributed by atoms with Crippen LogP contribution in [-0.2, 0) is 0 Å². The number of azo groups is 1. The molecule has 0 aliphatic heterocycles. The van der Waals surface area contributed by atoms with Crippen molar-refractivity contribution in [3.63, 3.8) is 0 Å². The lowest BCUT2D eigenvalue weighted by Gasteiger charge is -2.20. The number of hydrogen-bond acceptors (Lipinski definition) is 4. The van der Waals surface area contributed by atoms with Crippen molar-refractivity contribution < 1.29 is 4.73 Å². The van der Waals surface area contributed by atoms with E-state index in [-0.39, 0.29) is 7.43 Å². The number of nitrogens with zero attached hydrogens (tertiary/aromatic N) is 4. The summed E-state index contributed by atoms with van der Waals surface area (Å²) >= 11 is 0. The Kier molecular flexibility index (Phi) is 6.50. The number of aryl methyl sites for hydroxylation is 1. The fraction of sp³-hybridized carbons (Fsp3) is 0.353. The third-order valence-electron chi connectivity index (χ3n) is 3.37. The molecule has 1 aromatic carbocycles. The molecule has 2 rings (SSSR count). The molecule has 22 heavy (non-hydrogen) atoms. The monoisotopic (exact) mass is 300 g/mol. The Morgan fingerprint density at radius 3 is 2.23 bits per heavy atom. The standard InChI is InChI=1S/C16H20N4O.CH4/c1-4-19(5-2)15-10-8-14(9-11-15)17-18-16-13(3)7-6-12-20(16)21;/h6-12H,4-5H2,1-3H3;1H4. The first kappa shape index (κ1) is 17.6. The molecule has 0 spiro atoms. The van der Waals surface area contributed by atoms with E-state index in [9.17, 15) is 5.21 Å². The minimum Gasteiger partial charge on any atom is -0.710 e. The summed E-state index contributed by atoms with van der Waals surface area (Å²) in [6.45, 7) is 8.03. The summed E-state index contributed by atoms with van der Waals surface area (Å²) in [6.07, 6.45) is 1.42. The van der Waals surface area contributed by atoms with E-state index in [0.717, 1.165) is 34.8 Å². The fourth-order valence-electron chi connectivity index (χ4n) is 2.13. The highest BCUT2D eigenvalue weighted by Crippen LogP contribution is 2.22. The molecular weight excluding hydrogens is 276 g/mol. The van der Waals surface area contributed by atoms with E-state index in [1.165, 1.54) is 6.20 Å². The summed E-state index contributed by atoms with van der Waals surface area (Å²) in [5, 5.41) is 19.8. The third-order valence-corrected chi connectivity index (χ3v) is 3.37. The SMILES string of the molecule is C.CCN(CC)c1ccc(N=Nc2c(C)ccc[n+]2[O-])cc1. The summed E-state index contributed by atoms with van der Waals surface area (Å²) < 4.78 is 0.725. The van der Waals surface area contributed by atoms with Gasteiger partial charge in [0.05, 0.1) is 11.3 Å². The maximum atomic E-state index is 11.6. The van der Waals surface area contributed by atoms with Crippen LogP contribution >= 0.6 is 0 Å². The largest absolute Gasteiger partial charge is 0.710 e. The average Bonchev–Trinajstić information content (AvgIpc) is 2.49. The number of aromatic nitrogens is 1. The van der Waals surface area contributed by atoms with Crippen molar-refractivity contribution in [1.82, 2.24) is 0 Å². The van der Waals surface area contributed by atoms with Gasteiger partial charge in [0.2, 0.25) is 0 Å². The van der Waals surface area contributed by atoms with Crippen LogP contribution in [0.5, 0.6) is 0 Å². The Morgan fingerprint density at radius 2 is 1.68 bits per heavy atom. The second-order valence-corrected chi connectivity index (χ2v) is 4.73. The van der Waals surface area contributed by atoms with E-state index in [0.29, 0.717) is 5.82 Å². The van der Waals surface area contributed by atoms with E-state index in [4.69, 9.17) is 0 Å². The van der Waals surface area contributed by atoms with Crippen LogP contribution < -0.4 is 9.63 Å². The molecule has 0 unspecified atom stereocenters. The van der Waals surface area contributed by atoms with E-state index in [1.807, 2.05) is 37.3 Å². The van der Waals surface area contributed by atoms with Gasteiger partial charge in [0.1, 0.15) is 5.69 Å². The summed E-state index contributed by atoms with van der Waals surface area (Å²) in [7, 11) is 0. The molecule has 0 atom stereocenters. The Labute approximate surface area is 132 Å². The first-order valence-corrected chi connectivity index (χ1v) is 7.11. The predicted octanol–water partition coefficient (Wildman–Crippen LogP) is 4.53. The molecule has 1 aromatic heterocycles. The molecule has 0 aliphatic rings. The van der Waals surface area contributed by atoms with Crippen LogP contribution in [0.15, 0.2) is 52.8 Å². The van der Waals surface area contributed by atoms with Crippen molar-refractivity contribution in [3.8, 4) is 0 Å². The quantitative estimate of drug-likeness (QED) is 0.463. The van der Waals surface area contributed by atoms with Gasteiger partial charge in [-0.15, -0.1) is 0 Å². The number of pyridine rings is 1. The topological polar surface area (TPSA) is 54.9 Å². The number of anilines is 1. The third kappa shape index (κ3) is 4.04. The van der Waals surface area contributed by atoms with E-state index < -0.39 is 0 Å². The maximum absolute atomic E-state index is 11.6. The second kappa shape index (κ2) is 8.12. The normalized spacial score (nSPS) is 10.5. The fourth-order valence-corrected chi connectivity index (χ4v) is 2.13. The molecule has 0 radical (unpaired) electrons. The van der Waals surface area contributed by atoms with Crippen molar-refractivity contribution in [2.24, 2.45) is 10.2 Å². The van der Waals surface area contributed by atoms with E-state index in [1.54, 1.807) is 6.07 Å². The highest BCUT2D eigenvalue weighted by atomic mass is 16.5. The molecule has 5 heteroatoms. The Balaban J connectivity index is 0.00000242. The molecule has 0 saturated carbocycles. The van der Waals surface area contributed by atoms with E-state index >= 15 is 0 Å². The van der Waals surface area contributed by atoms with Crippen molar-refractivity contribution in [2.45, 2.75) is 28.2 Å². The summed E-state index contributed by atoms with van der Waals surface area (Å²) in [5.41, 5.74) is 2.69. The number of rotatable bonds is 5.